The second-order valence-corrected chi connectivity index (χ2v) is 14.1. The highest BCUT2D eigenvalue weighted by Gasteiger charge is 2.22. The SMILES string of the molecule is C=C/C(=C\C=C\c1ccc2oc3ccccc3c2c1)N(c1ccc2c(c1)oc1ccccc12)c1ccccc1-c1cccc2c1oc1cc3ccccc3cc12. The van der Waals surface area contributed by atoms with E-state index < -0.39 is 0 Å². The summed E-state index contributed by atoms with van der Waals surface area (Å²) in [4.78, 5) is 2.25. The van der Waals surface area contributed by atoms with E-state index in [2.05, 4.69) is 151 Å². The van der Waals surface area contributed by atoms with E-state index in [0.29, 0.717) is 0 Å². The highest BCUT2D eigenvalue weighted by molar-refractivity contribution is 6.14. The van der Waals surface area contributed by atoms with Crippen molar-refractivity contribution >= 4 is 94.0 Å². The monoisotopic (exact) mass is 719 g/mol. The molecule has 0 spiro atoms. The molecule has 4 heteroatoms. The Morgan fingerprint density at radius 2 is 1.09 bits per heavy atom. The minimum atomic E-state index is 0.817. The third kappa shape index (κ3) is 5.15. The zero-order valence-electron chi connectivity index (χ0n) is 30.3. The Bertz CT molecular complexity index is 3410. The summed E-state index contributed by atoms with van der Waals surface area (Å²) in [5.74, 6) is 0. The van der Waals surface area contributed by atoms with Crippen LogP contribution in [0.1, 0.15) is 5.56 Å². The van der Waals surface area contributed by atoms with Crippen LogP contribution in [0.25, 0.3) is 93.8 Å². The van der Waals surface area contributed by atoms with Crippen LogP contribution in [-0.2, 0) is 0 Å². The van der Waals surface area contributed by atoms with Crippen molar-refractivity contribution < 1.29 is 13.3 Å². The molecule has 0 aliphatic carbocycles. The van der Waals surface area contributed by atoms with E-state index in [0.717, 1.165) is 105 Å². The van der Waals surface area contributed by atoms with Gasteiger partial charge in [0.25, 0.3) is 0 Å². The van der Waals surface area contributed by atoms with Gasteiger partial charge in [0.15, 0.2) is 0 Å². The van der Waals surface area contributed by atoms with Crippen molar-refractivity contribution in [2.45, 2.75) is 0 Å². The number of anilines is 2. The maximum absolute atomic E-state index is 6.74. The smallest absolute Gasteiger partial charge is 0.143 e. The van der Waals surface area contributed by atoms with Gasteiger partial charge in [-0.15, -0.1) is 0 Å². The topological polar surface area (TPSA) is 42.7 Å². The zero-order chi connectivity index (χ0) is 37.2. The van der Waals surface area contributed by atoms with Gasteiger partial charge >= 0.3 is 0 Å². The molecule has 0 fully saturated rings. The fourth-order valence-corrected chi connectivity index (χ4v) is 8.21. The Balaban J connectivity index is 1.08. The maximum atomic E-state index is 6.74. The van der Waals surface area contributed by atoms with Crippen molar-refractivity contribution in [3.63, 3.8) is 0 Å². The molecule has 0 aliphatic rings. The predicted octanol–water partition coefficient (Wildman–Crippen LogP) is 15.1. The largest absolute Gasteiger partial charge is 0.456 e. The van der Waals surface area contributed by atoms with Crippen LogP contribution in [-0.4, -0.2) is 0 Å². The molecule has 0 bridgehead atoms. The van der Waals surface area contributed by atoms with Gasteiger partial charge in [0.05, 0.1) is 5.69 Å². The van der Waals surface area contributed by atoms with Crippen LogP contribution in [0.15, 0.2) is 208 Å². The van der Waals surface area contributed by atoms with Crippen molar-refractivity contribution in [2.24, 2.45) is 0 Å². The lowest BCUT2D eigenvalue weighted by Crippen LogP contribution is -2.16. The molecule has 0 amide bonds. The first-order chi connectivity index (χ1) is 27.7. The van der Waals surface area contributed by atoms with Crippen LogP contribution >= 0.6 is 0 Å². The predicted molar refractivity (Wildman–Crippen MR) is 234 cm³/mol. The highest BCUT2D eigenvalue weighted by atomic mass is 16.3. The lowest BCUT2D eigenvalue weighted by molar-refractivity contribution is 0.668. The average molecular weight is 720 g/mol. The Morgan fingerprint density at radius 3 is 1.93 bits per heavy atom. The summed E-state index contributed by atoms with van der Waals surface area (Å²) < 4.78 is 19.3. The van der Waals surface area contributed by atoms with Crippen molar-refractivity contribution in [2.75, 3.05) is 4.90 Å². The molecule has 0 saturated heterocycles. The van der Waals surface area contributed by atoms with Crippen molar-refractivity contribution in [3.8, 4) is 11.1 Å². The van der Waals surface area contributed by atoms with Crippen LogP contribution < -0.4 is 4.90 Å². The third-order valence-corrected chi connectivity index (χ3v) is 10.8. The fraction of sp³-hybridized carbons (Fsp3) is 0. The van der Waals surface area contributed by atoms with Crippen LogP contribution in [0.4, 0.5) is 11.4 Å². The first-order valence-electron chi connectivity index (χ1n) is 18.8. The number of fused-ring (bicyclic) bond motifs is 10. The second kappa shape index (κ2) is 12.8. The Hall–Kier alpha value is -7.56. The fourth-order valence-electron chi connectivity index (χ4n) is 8.21. The summed E-state index contributed by atoms with van der Waals surface area (Å²) in [6, 6.07) is 56.8. The lowest BCUT2D eigenvalue weighted by Gasteiger charge is -2.28. The molecule has 56 heavy (non-hydrogen) atoms. The van der Waals surface area contributed by atoms with Crippen molar-refractivity contribution in [3.05, 3.63) is 200 Å². The Kier molecular flexibility index (Phi) is 7.29. The molecule has 3 aromatic heterocycles. The molecule has 11 rings (SSSR count). The van der Waals surface area contributed by atoms with E-state index in [4.69, 9.17) is 13.3 Å². The van der Waals surface area contributed by atoms with E-state index in [1.54, 1.807) is 0 Å². The van der Waals surface area contributed by atoms with E-state index >= 15 is 0 Å². The standard InChI is InChI=1S/C52H33NO3/c1-2-36(16-11-13-33-25-28-49-44(29-33)40-19-7-10-24-48(40)54-49)53(37-26-27-41-39-18-6-9-23-47(39)55-51(41)32-37)46-22-8-5-17-38(46)42-20-12-21-43-45-30-34-14-3-4-15-35(34)31-50(45)56-52(42)43/h2-32H,1H2/b13-11+,36-16+. The van der Waals surface area contributed by atoms with E-state index in [1.807, 2.05) is 48.5 Å². The maximum Gasteiger partial charge on any atom is 0.143 e. The van der Waals surface area contributed by atoms with Gasteiger partial charge in [0, 0.05) is 60.9 Å². The van der Waals surface area contributed by atoms with E-state index in [-0.39, 0.29) is 0 Å². The molecule has 3 heterocycles. The summed E-state index contributed by atoms with van der Waals surface area (Å²) in [5, 5.41) is 8.89. The highest BCUT2D eigenvalue weighted by Crippen LogP contribution is 2.44. The summed E-state index contributed by atoms with van der Waals surface area (Å²) in [5.41, 5.74) is 11.1. The number of nitrogens with zero attached hydrogens (tertiary/aromatic N) is 1. The number of para-hydroxylation sites is 4. The minimum absolute atomic E-state index is 0.817. The van der Waals surface area contributed by atoms with Gasteiger partial charge in [0.1, 0.15) is 33.5 Å². The quantitative estimate of drug-likeness (QED) is 0.154. The molecule has 0 atom stereocenters. The molecule has 4 nitrogen and oxygen atoms in total. The molecule has 8 aromatic carbocycles. The van der Waals surface area contributed by atoms with Gasteiger partial charge in [-0.1, -0.05) is 122 Å². The van der Waals surface area contributed by atoms with Crippen molar-refractivity contribution in [1.82, 2.24) is 0 Å². The van der Waals surface area contributed by atoms with Crippen LogP contribution in [0.5, 0.6) is 0 Å². The molecular weight excluding hydrogens is 687 g/mol. The Labute approximate surface area is 322 Å². The molecule has 0 saturated carbocycles. The number of furan rings is 3. The zero-order valence-corrected chi connectivity index (χ0v) is 30.3. The van der Waals surface area contributed by atoms with Crippen molar-refractivity contribution in [1.29, 1.82) is 0 Å². The van der Waals surface area contributed by atoms with Crippen LogP contribution in [0, 0.1) is 0 Å². The first kappa shape index (κ1) is 31.9. The molecule has 0 N–H and O–H groups in total. The summed E-state index contributed by atoms with van der Waals surface area (Å²) in [6.07, 6.45) is 8.22. The van der Waals surface area contributed by atoms with Crippen LogP contribution in [0.2, 0.25) is 0 Å². The minimum Gasteiger partial charge on any atom is -0.456 e. The lowest BCUT2D eigenvalue weighted by atomic mass is 9.98. The summed E-state index contributed by atoms with van der Waals surface area (Å²) in [7, 11) is 0. The average Bonchev–Trinajstić information content (AvgIpc) is 3.93. The van der Waals surface area contributed by atoms with E-state index in [1.165, 1.54) is 5.39 Å². The first-order valence-corrected chi connectivity index (χ1v) is 18.8. The number of allylic oxidation sites excluding steroid dienone is 3. The van der Waals surface area contributed by atoms with E-state index in [9.17, 15) is 0 Å². The summed E-state index contributed by atoms with van der Waals surface area (Å²) >= 11 is 0. The normalized spacial score (nSPS) is 12.4. The molecular formula is C52H33NO3. The molecule has 11 aromatic rings. The van der Waals surface area contributed by atoms with Gasteiger partial charge in [0.2, 0.25) is 0 Å². The number of rotatable bonds is 7. The van der Waals surface area contributed by atoms with Gasteiger partial charge in [-0.3, -0.25) is 0 Å². The molecule has 0 radical (unpaired) electrons. The van der Waals surface area contributed by atoms with Gasteiger partial charge in [-0.25, -0.2) is 0 Å². The molecule has 0 unspecified atom stereocenters. The molecule has 0 aliphatic heterocycles. The number of hydrogen-bond acceptors (Lipinski definition) is 4. The number of benzene rings is 8. The summed E-state index contributed by atoms with van der Waals surface area (Å²) in [6.45, 7) is 4.33. The van der Waals surface area contributed by atoms with Gasteiger partial charge < -0.3 is 18.2 Å². The number of hydrogen-bond donors (Lipinski definition) is 0. The van der Waals surface area contributed by atoms with Gasteiger partial charge in [-0.2, -0.15) is 0 Å². The van der Waals surface area contributed by atoms with Crippen LogP contribution in [0.3, 0.4) is 0 Å². The second-order valence-electron chi connectivity index (χ2n) is 14.1. The Morgan fingerprint density at radius 1 is 0.464 bits per heavy atom. The van der Waals surface area contributed by atoms with Gasteiger partial charge in [-0.05, 0) is 83.1 Å². The molecule has 264 valence electrons. The third-order valence-electron chi connectivity index (χ3n) is 10.8.